The molecule has 1 amide bonds. The second kappa shape index (κ2) is 6.48. The molecule has 124 valence electrons. The van der Waals surface area contributed by atoms with Crippen LogP contribution in [0.2, 0.25) is 0 Å². The van der Waals surface area contributed by atoms with E-state index in [-0.39, 0.29) is 24.3 Å². The highest BCUT2D eigenvalue weighted by atomic mass is 16.5. The minimum atomic E-state index is -0.887. The molecule has 0 saturated carbocycles. The van der Waals surface area contributed by atoms with Gasteiger partial charge in [-0.1, -0.05) is 60.7 Å². The molecule has 0 bridgehead atoms. The minimum Gasteiger partial charge on any atom is -0.469 e. The Morgan fingerprint density at radius 1 is 1.12 bits per heavy atom. The van der Waals surface area contributed by atoms with Crippen LogP contribution >= 0.6 is 0 Å². The van der Waals surface area contributed by atoms with E-state index in [0.717, 1.165) is 11.1 Å². The Morgan fingerprint density at radius 3 is 2.29 bits per heavy atom. The first-order valence-corrected chi connectivity index (χ1v) is 8.03. The second-order valence-electron chi connectivity index (χ2n) is 6.41. The van der Waals surface area contributed by atoms with E-state index in [1.807, 2.05) is 67.6 Å². The molecule has 0 radical (unpaired) electrons. The van der Waals surface area contributed by atoms with Crippen molar-refractivity contribution in [2.45, 2.75) is 25.9 Å². The van der Waals surface area contributed by atoms with Crippen molar-refractivity contribution in [2.75, 3.05) is 7.11 Å². The van der Waals surface area contributed by atoms with E-state index in [0.29, 0.717) is 6.54 Å². The van der Waals surface area contributed by atoms with Crippen molar-refractivity contribution < 1.29 is 14.3 Å². The predicted octanol–water partition coefficient (Wildman–Crippen LogP) is 3.34. The van der Waals surface area contributed by atoms with Crippen LogP contribution in [0.1, 0.15) is 30.5 Å². The number of hydrogen-bond donors (Lipinski definition) is 0. The van der Waals surface area contributed by atoms with Crippen molar-refractivity contribution in [1.82, 2.24) is 4.90 Å². The lowest BCUT2D eigenvalue weighted by molar-refractivity contribution is -0.153. The Kier molecular flexibility index (Phi) is 4.38. The number of esters is 1. The number of rotatable bonds is 4. The van der Waals surface area contributed by atoms with Gasteiger partial charge in [-0.3, -0.25) is 9.59 Å². The molecule has 24 heavy (non-hydrogen) atoms. The van der Waals surface area contributed by atoms with Crippen molar-refractivity contribution in [3.8, 4) is 0 Å². The van der Waals surface area contributed by atoms with Crippen LogP contribution in [0.5, 0.6) is 0 Å². The van der Waals surface area contributed by atoms with Crippen molar-refractivity contribution in [3.05, 3.63) is 71.8 Å². The van der Waals surface area contributed by atoms with Crippen molar-refractivity contribution in [3.63, 3.8) is 0 Å². The lowest BCUT2D eigenvalue weighted by Crippen LogP contribution is -2.37. The molecule has 0 aliphatic carbocycles. The van der Waals surface area contributed by atoms with Crippen LogP contribution < -0.4 is 0 Å². The van der Waals surface area contributed by atoms with Crippen LogP contribution in [0.3, 0.4) is 0 Å². The fourth-order valence-corrected chi connectivity index (χ4v) is 3.56. The first-order valence-electron chi connectivity index (χ1n) is 8.03. The van der Waals surface area contributed by atoms with E-state index in [1.165, 1.54) is 7.11 Å². The summed E-state index contributed by atoms with van der Waals surface area (Å²) in [6.45, 7) is 2.30. The minimum absolute atomic E-state index is 0.0272. The van der Waals surface area contributed by atoms with Gasteiger partial charge < -0.3 is 9.64 Å². The van der Waals surface area contributed by atoms with Gasteiger partial charge in [-0.25, -0.2) is 0 Å². The summed E-state index contributed by atoms with van der Waals surface area (Å²) in [7, 11) is 1.37. The molecule has 4 heteroatoms. The van der Waals surface area contributed by atoms with Crippen LogP contribution in [-0.2, 0) is 20.9 Å². The molecular weight excluding hydrogens is 302 g/mol. The van der Waals surface area contributed by atoms with E-state index >= 15 is 0 Å². The Hall–Kier alpha value is -2.62. The van der Waals surface area contributed by atoms with Crippen molar-refractivity contribution in [1.29, 1.82) is 0 Å². The fraction of sp³-hybridized carbons (Fsp3) is 0.300. The molecule has 3 rings (SSSR count). The van der Waals surface area contributed by atoms with E-state index in [2.05, 4.69) is 0 Å². The zero-order valence-corrected chi connectivity index (χ0v) is 13.9. The van der Waals surface area contributed by atoms with E-state index < -0.39 is 5.41 Å². The highest BCUT2D eigenvalue weighted by Gasteiger charge is 2.54. The average molecular weight is 323 g/mol. The average Bonchev–Trinajstić information content (AvgIpc) is 2.87. The third-order valence-electron chi connectivity index (χ3n) is 4.72. The summed E-state index contributed by atoms with van der Waals surface area (Å²) >= 11 is 0. The summed E-state index contributed by atoms with van der Waals surface area (Å²) < 4.78 is 5.02. The molecule has 1 fully saturated rings. The quantitative estimate of drug-likeness (QED) is 0.811. The van der Waals surface area contributed by atoms with Gasteiger partial charge in [-0.15, -0.1) is 0 Å². The lowest BCUT2D eigenvalue weighted by Gasteiger charge is -2.33. The Morgan fingerprint density at radius 2 is 1.71 bits per heavy atom. The highest BCUT2D eigenvalue weighted by molar-refractivity contribution is 5.90. The Balaban J connectivity index is 2.03. The Bertz CT molecular complexity index is 729. The van der Waals surface area contributed by atoms with Crippen LogP contribution in [0.25, 0.3) is 0 Å². The molecule has 0 N–H and O–H groups in total. The standard InChI is InChI=1S/C20H21NO3/c1-20(19(23)24-2)13-17(22)21(14-15-9-5-3-6-10-15)18(20)16-11-7-4-8-12-16/h3-12,18H,13-14H2,1-2H3/t18-,20-/m1/s1. The molecule has 0 unspecified atom stereocenters. The van der Waals surface area contributed by atoms with Gasteiger partial charge in [-0.05, 0) is 18.1 Å². The summed E-state index contributed by atoms with van der Waals surface area (Å²) in [5, 5.41) is 0. The summed E-state index contributed by atoms with van der Waals surface area (Å²) in [4.78, 5) is 27.0. The highest BCUT2D eigenvalue weighted by Crippen LogP contribution is 2.49. The van der Waals surface area contributed by atoms with E-state index in [1.54, 1.807) is 4.90 Å². The maximum Gasteiger partial charge on any atom is 0.314 e. The summed E-state index contributed by atoms with van der Waals surface area (Å²) in [5.74, 6) is -0.374. The number of nitrogens with zero attached hydrogens (tertiary/aromatic N) is 1. The van der Waals surface area contributed by atoms with Gasteiger partial charge >= 0.3 is 5.97 Å². The molecule has 2 aromatic rings. The summed E-state index contributed by atoms with van der Waals surface area (Å²) in [6, 6.07) is 19.2. The normalized spacial score (nSPS) is 23.3. The van der Waals surface area contributed by atoms with Gasteiger partial charge in [0.15, 0.2) is 0 Å². The van der Waals surface area contributed by atoms with Gasteiger partial charge in [-0.2, -0.15) is 0 Å². The van der Waals surface area contributed by atoms with Crippen molar-refractivity contribution >= 4 is 11.9 Å². The Labute approximate surface area is 142 Å². The molecule has 1 heterocycles. The molecular formula is C20H21NO3. The zero-order chi connectivity index (χ0) is 17.2. The van der Waals surface area contributed by atoms with Crippen LogP contribution in [-0.4, -0.2) is 23.9 Å². The third kappa shape index (κ3) is 2.80. The molecule has 1 aliphatic heterocycles. The van der Waals surface area contributed by atoms with Crippen LogP contribution in [0.4, 0.5) is 0 Å². The summed E-state index contributed by atoms with van der Waals surface area (Å²) in [6.07, 6.45) is 0.159. The number of methoxy groups -OCH3 is 1. The van der Waals surface area contributed by atoms with Gasteiger partial charge in [0.25, 0.3) is 0 Å². The topological polar surface area (TPSA) is 46.6 Å². The summed E-state index contributed by atoms with van der Waals surface area (Å²) in [5.41, 5.74) is 1.11. The maximum atomic E-state index is 12.7. The van der Waals surface area contributed by atoms with Gasteiger partial charge in [0.05, 0.1) is 18.6 Å². The first kappa shape index (κ1) is 16.2. The van der Waals surface area contributed by atoms with Gasteiger partial charge in [0.1, 0.15) is 0 Å². The number of likely N-dealkylation sites (tertiary alicyclic amines) is 1. The van der Waals surface area contributed by atoms with Gasteiger partial charge in [0, 0.05) is 13.0 Å². The number of carbonyl (C=O) groups excluding carboxylic acids is 2. The third-order valence-corrected chi connectivity index (χ3v) is 4.72. The molecule has 2 aromatic carbocycles. The molecule has 1 aliphatic rings. The second-order valence-corrected chi connectivity index (χ2v) is 6.41. The van der Waals surface area contributed by atoms with E-state index in [9.17, 15) is 9.59 Å². The number of carbonyl (C=O) groups is 2. The van der Waals surface area contributed by atoms with Crippen LogP contribution in [0, 0.1) is 5.41 Å². The number of hydrogen-bond acceptors (Lipinski definition) is 3. The lowest BCUT2D eigenvalue weighted by atomic mass is 9.79. The van der Waals surface area contributed by atoms with Crippen molar-refractivity contribution in [2.24, 2.45) is 5.41 Å². The molecule has 4 nitrogen and oxygen atoms in total. The molecule has 0 spiro atoms. The van der Waals surface area contributed by atoms with Crippen LogP contribution in [0.15, 0.2) is 60.7 Å². The number of ether oxygens (including phenoxy) is 1. The van der Waals surface area contributed by atoms with E-state index in [4.69, 9.17) is 4.74 Å². The smallest absolute Gasteiger partial charge is 0.314 e. The molecule has 1 saturated heterocycles. The maximum absolute atomic E-state index is 12.7. The first-order chi connectivity index (χ1) is 11.6. The number of amides is 1. The SMILES string of the molecule is COC(=O)[C@]1(C)CC(=O)N(Cc2ccccc2)[C@@H]1c1ccccc1. The molecule has 0 aromatic heterocycles. The molecule has 2 atom stereocenters. The predicted molar refractivity (Wildman–Crippen MR) is 90.9 cm³/mol. The number of benzene rings is 2. The monoisotopic (exact) mass is 323 g/mol. The largest absolute Gasteiger partial charge is 0.469 e. The zero-order valence-electron chi connectivity index (χ0n) is 13.9. The fourth-order valence-electron chi connectivity index (χ4n) is 3.56. The van der Waals surface area contributed by atoms with Gasteiger partial charge in [0.2, 0.25) is 5.91 Å².